The Morgan fingerprint density at radius 1 is 1.12 bits per heavy atom. The predicted molar refractivity (Wildman–Crippen MR) is 93.6 cm³/mol. The molecule has 3 nitrogen and oxygen atoms in total. The van der Waals surface area contributed by atoms with Crippen molar-refractivity contribution in [3.05, 3.63) is 0 Å². The maximum Gasteiger partial charge on any atom is 0.126 e. The Balaban J connectivity index is 1.72. The average molecular weight is 335 g/mol. The van der Waals surface area contributed by atoms with E-state index in [9.17, 15) is 9.90 Å². The Morgan fingerprint density at radius 2 is 1.92 bits per heavy atom. The molecule has 0 aromatic heterocycles. The molecule has 7 atom stereocenters. The van der Waals surface area contributed by atoms with Crippen LogP contribution in [0.25, 0.3) is 0 Å². The van der Waals surface area contributed by atoms with Gasteiger partial charge < -0.3 is 14.6 Å². The molecule has 0 aromatic rings. The van der Waals surface area contributed by atoms with E-state index in [4.69, 9.17) is 4.74 Å². The van der Waals surface area contributed by atoms with Crippen molar-refractivity contribution in [3.8, 4) is 0 Å². The molecule has 2 unspecified atom stereocenters. The van der Waals surface area contributed by atoms with E-state index < -0.39 is 0 Å². The van der Waals surface area contributed by atoms with Crippen molar-refractivity contribution in [1.29, 1.82) is 0 Å². The first-order valence-corrected chi connectivity index (χ1v) is 10.0. The molecule has 0 heterocycles. The van der Waals surface area contributed by atoms with Crippen LogP contribution < -0.4 is 0 Å². The summed E-state index contributed by atoms with van der Waals surface area (Å²) < 4.78 is 5.93. The molecular weight excluding hydrogens is 300 g/mol. The van der Waals surface area contributed by atoms with Gasteiger partial charge in [0.1, 0.15) is 6.29 Å². The van der Waals surface area contributed by atoms with Crippen LogP contribution in [-0.2, 0) is 9.53 Å². The summed E-state index contributed by atoms with van der Waals surface area (Å²) in [5.41, 5.74) is 0.199. The van der Waals surface area contributed by atoms with Crippen molar-refractivity contribution < 1.29 is 14.6 Å². The topological polar surface area (TPSA) is 46.5 Å². The second-order valence-electron chi connectivity index (χ2n) is 10.1. The van der Waals surface area contributed by atoms with E-state index in [-0.39, 0.29) is 23.0 Å². The fourth-order valence-electron chi connectivity index (χ4n) is 8.28. The molecule has 0 radical (unpaired) electrons. The van der Waals surface area contributed by atoms with Crippen LogP contribution in [0.4, 0.5) is 0 Å². The van der Waals surface area contributed by atoms with Crippen LogP contribution >= 0.6 is 0 Å². The fraction of sp³-hybridized carbons (Fsp3) is 0.952. The Bertz CT molecular complexity index is 527. The third-order valence-corrected chi connectivity index (χ3v) is 9.28. The van der Waals surface area contributed by atoms with Crippen LogP contribution in [0.3, 0.4) is 0 Å². The Labute approximate surface area is 146 Å². The third kappa shape index (κ3) is 1.95. The number of fused-ring (bicyclic) bond motifs is 3. The maximum atomic E-state index is 11.9. The first-order valence-electron chi connectivity index (χ1n) is 10.0. The monoisotopic (exact) mass is 334 g/mol. The van der Waals surface area contributed by atoms with Crippen LogP contribution in [0.1, 0.15) is 71.6 Å². The summed E-state index contributed by atoms with van der Waals surface area (Å²) in [6.07, 6.45) is 11.9. The number of aldehydes is 1. The Hall–Kier alpha value is -0.410. The highest BCUT2D eigenvalue weighted by molar-refractivity contribution is 5.60. The minimum Gasteiger partial charge on any atom is -0.393 e. The van der Waals surface area contributed by atoms with Crippen LogP contribution in [0.2, 0.25) is 0 Å². The summed E-state index contributed by atoms with van der Waals surface area (Å²) in [7, 11) is 1.79. The van der Waals surface area contributed by atoms with Crippen molar-refractivity contribution in [3.63, 3.8) is 0 Å². The summed E-state index contributed by atoms with van der Waals surface area (Å²) in [6.45, 7) is 4.87. The zero-order valence-corrected chi connectivity index (χ0v) is 15.6. The molecule has 136 valence electrons. The molecule has 24 heavy (non-hydrogen) atoms. The van der Waals surface area contributed by atoms with Crippen molar-refractivity contribution in [1.82, 2.24) is 0 Å². The molecule has 4 aliphatic rings. The molecule has 1 spiro atoms. The van der Waals surface area contributed by atoms with Crippen molar-refractivity contribution in [2.75, 3.05) is 13.7 Å². The van der Waals surface area contributed by atoms with Gasteiger partial charge in [-0.2, -0.15) is 0 Å². The van der Waals surface area contributed by atoms with Crippen molar-refractivity contribution >= 4 is 6.29 Å². The lowest BCUT2D eigenvalue weighted by atomic mass is 9.41. The highest BCUT2D eigenvalue weighted by Gasteiger charge is 2.67. The highest BCUT2D eigenvalue weighted by Crippen LogP contribution is 2.73. The van der Waals surface area contributed by atoms with Crippen molar-refractivity contribution in [2.45, 2.75) is 77.2 Å². The smallest absolute Gasteiger partial charge is 0.126 e. The molecule has 1 N–H and O–H groups in total. The van der Waals surface area contributed by atoms with E-state index >= 15 is 0 Å². The molecule has 0 amide bonds. The lowest BCUT2D eigenvalue weighted by Crippen LogP contribution is -2.56. The van der Waals surface area contributed by atoms with Gasteiger partial charge in [0, 0.05) is 12.5 Å². The van der Waals surface area contributed by atoms with Gasteiger partial charge in [0.25, 0.3) is 0 Å². The highest BCUT2D eigenvalue weighted by atomic mass is 16.5. The number of ether oxygens (including phenoxy) is 1. The van der Waals surface area contributed by atoms with Gasteiger partial charge in [-0.3, -0.25) is 0 Å². The number of hydrogen-bond acceptors (Lipinski definition) is 3. The lowest BCUT2D eigenvalue weighted by Gasteiger charge is -2.63. The predicted octanol–water partition coefficient (Wildman–Crippen LogP) is 3.98. The van der Waals surface area contributed by atoms with Crippen LogP contribution in [0, 0.1) is 34.0 Å². The zero-order valence-electron chi connectivity index (χ0n) is 15.6. The van der Waals surface area contributed by atoms with E-state index in [1.807, 2.05) is 0 Å². The molecule has 2 bridgehead atoms. The standard InChI is InChI=1S/C21H34O3/c1-18(13-22)8-4-9-19(2)16(18)7-10-20-11-15(5-6-17(19)20)21(12-20,14-23)24-3/h13,15-17,23H,4-12,14H2,1-3H3/t15-,16?,17?,18-,19+,20-,21-/m0/s1. The van der Waals surface area contributed by atoms with Crippen LogP contribution in [0.5, 0.6) is 0 Å². The minimum absolute atomic E-state index is 0.126. The minimum atomic E-state index is -0.305. The number of aliphatic hydroxyl groups is 1. The van der Waals surface area contributed by atoms with Gasteiger partial charge in [-0.05, 0) is 80.0 Å². The van der Waals surface area contributed by atoms with Crippen LogP contribution in [0.15, 0.2) is 0 Å². The Kier molecular flexibility index (Phi) is 3.76. The molecule has 4 aliphatic carbocycles. The van der Waals surface area contributed by atoms with E-state index in [1.54, 1.807) is 7.11 Å². The molecule has 4 rings (SSSR count). The summed E-state index contributed by atoms with van der Waals surface area (Å²) in [4.78, 5) is 11.9. The zero-order chi connectivity index (χ0) is 17.2. The molecular formula is C21H34O3. The fourth-order valence-corrected chi connectivity index (χ4v) is 8.28. The molecule has 3 heteroatoms. The number of aliphatic hydroxyl groups excluding tert-OH is 1. The van der Waals surface area contributed by atoms with Gasteiger partial charge in [-0.1, -0.05) is 20.3 Å². The first-order chi connectivity index (χ1) is 11.4. The SMILES string of the molecule is CO[C@]1(CO)C[C@@]23CCC4[C@@](C)(CCC[C@@]4(C)C=O)C2CC[C@H]1C3. The summed E-state index contributed by atoms with van der Waals surface area (Å²) in [6, 6.07) is 0. The van der Waals surface area contributed by atoms with Crippen LogP contribution in [-0.4, -0.2) is 30.7 Å². The van der Waals surface area contributed by atoms with Gasteiger partial charge in [0.2, 0.25) is 0 Å². The lowest BCUT2D eigenvalue weighted by molar-refractivity contribution is -0.157. The molecule has 0 aromatic carbocycles. The Morgan fingerprint density at radius 3 is 2.58 bits per heavy atom. The molecule has 4 fully saturated rings. The average Bonchev–Trinajstić information content (AvgIpc) is 2.82. The second-order valence-corrected chi connectivity index (χ2v) is 10.1. The molecule has 0 saturated heterocycles. The number of carbonyl (C=O) groups is 1. The normalized spacial score (nSPS) is 56.4. The van der Waals surface area contributed by atoms with Gasteiger partial charge in [0.05, 0.1) is 12.2 Å². The summed E-state index contributed by atoms with van der Waals surface area (Å²) >= 11 is 0. The van der Waals surface area contributed by atoms with Gasteiger partial charge in [-0.25, -0.2) is 0 Å². The first kappa shape index (κ1) is 17.0. The quantitative estimate of drug-likeness (QED) is 0.794. The second kappa shape index (κ2) is 5.30. The van der Waals surface area contributed by atoms with E-state index in [0.717, 1.165) is 12.8 Å². The van der Waals surface area contributed by atoms with Gasteiger partial charge >= 0.3 is 0 Å². The van der Waals surface area contributed by atoms with E-state index in [1.165, 1.54) is 51.2 Å². The number of carbonyl (C=O) groups excluding carboxylic acids is 1. The number of hydrogen-bond donors (Lipinski definition) is 1. The van der Waals surface area contributed by atoms with E-state index in [2.05, 4.69) is 13.8 Å². The van der Waals surface area contributed by atoms with E-state index in [0.29, 0.717) is 23.2 Å². The van der Waals surface area contributed by atoms with Gasteiger partial charge in [-0.15, -0.1) is 0 Å². The largest absolute Gasteiger partial charge is 0.393 e. The third-order valence-electron chi connectivity index (χ3n) is 9.28. The summed E-state index contributed by atoms with van der Waals surface area (Å²) in [5.74, 6) is 1.75. The van der Waals surface area contributed by atoms with Crippen molar-refractivity contribution in [2.24, 2.45) is 34.0 Å². The number of rotatable bonds is 3. The summed E-state index contributed by atoms with van der Waals surface area (Å²) in [5, 5.41) is 10.1. The molecule has 0 aliphatic heterocycles. The molecule has 4 saturated carbocycles. The van der Waals surface area contributed by atoms with Gasteiger partial charge in [0.15, 0.2) is 0 Å². The maximum absolute atomic E-state index is 11.9. The number of methoxy groups -OCH3 is 1.